The molecule has 0 aliphatic rings. The van der Waals surface area contributed by atoms with Crippen LogP contribution in [0.5, 0.6) is 0 Å². The molecule has 0 saturated carbocycles. The van der Waals surface area contributed by atoms with Crippen LogP contribution in [0.2, 0.25) is 0 Å². The van der Waals surface area contributed by atoms with Crippen LogP contribution in [0.1, 0.15) is 0 Å². The molecule has 0 heterocycles. The summed E-state index contributed by atoms with van der Waals surface area (Å²) in [5.41, 5.74) is 1.54. The van der Waals surface area contributed by atoms with Gasteiger partial charge in [-0.3, -0.25) is 0 Å². The third-order valence-electron chi connectivity index (χ3n) is 3.14. The number of hydrogen-bond donors (Lipinski definition) is 2. The third kappa shape index (κ3) is 3.23. The van der Waals surface area contributed by atoms with Crippen molar-refractivity contribution in [1.29, 1.82) is 0 Å². The van der Waals surface area contributed by atoms with Gasteiger partial charge in [0.25, 0.3) is 0 Å². The topological polar surface area (TPSA) is 41.1 Å². The summed E-state index contributed by atoms with van der Waals surface area (Å²) in [5.74, 6) is 0. The van der Waals surface area contributed by atoms with E-state index in [1.807, 2.05) is 66.7 Å². The molecule has 0 atom stereocenters. The van der Waals surface area contributed by atoms with Crippen molar-refractivity contribution in [3.8, 4) is 0 Å². The highest BCUT2D eigenvalue weighted by atomic mass is 79.9. The van der Waals surface area contributed by atoms with Crippen molar-refractivity contribution >= 4 is 44.1 Å². The minimum absolute atomic E-state index is 0.256. The van der Waals surface area contributed by atoms with E-state index >= 15 is 0 Å². The smallest absolute Gasteiger partial charge is 0.308 e. The van der Waals surface area contributed by atoms with Crippen LogP contribution in [0, 0.1) is 0 Å². The lowest BCUT2D eigenvalue weighted by atomic mass is 10.1. The molecular weight excluding hydrogens is 328 g/mol. The van der Waals surface area contributed by atoms with Crippen molar-refractivity contribution < 1.29 is 4.79 Å². The number of fused-ring (bicyclic) bond motifs is 1. The number of rotatable bonds is 2. The summed E-state index contributed by atoms with van der Waals surface area (Å²) in [6.45, 7) is 0. The van der Waals surface area contributed by atoms with Crippen LogP contribution in [0.25, 0.3) is 10.8 Å². The molecule has 3 rings (SSSR count). The third-order valence-corrected chi connectivity index (χ3v) is 3.67. The average Bonchev–Trinajstić information content (AvgIpc) is 2.50. The largest absolute Gasteiger partial charge is 0.323 e. The van der Waals surface area contributed by atoms with Gasteiger partial charge in [0.15, 0.2) is 0 Å². The minimum atomic E-state index is -0.256. The molecule has 104 valence electrons. The lowest BCUT2D eigenvalue weighted by molar-refractivity contribution is 0.262. The molecule has 0 radical (unpaired) electrons. The van der Waals surface area contributed by atoms with E-state index in [9.17, 15) is 4.79 Å². The Morgan fingerprint density at radius 3 is 2.33 bits per heavy atom. The van der Waals surface area contributed by atoms with Crippen LogP contribution in [-0.4, -0.2) is 6.03 Å². The number of benzene rings is 3. The van der Waals surface area contributed by atoms with Crippen LogP contribution >= 0.6 is 15.9 Å². The van der Waals surface area contributed by atoms with Crippen molar-refractivity contribution in [2.75, 3.05) is 10.6 Å². The number of carbonyl (C=O) groups excluding carboxylic acids is 1. The molecule has 0 spiro atoms. The predicted molar refractivity (Wildman–Crippen MR) is 90.7 cm³/mol. The summed E-state index contributed by atoms with van der Waals surface area (Å²) >= 11 is 3.36. The summed E-state index contributed by atoms with van der Waals surface area (Å²) in [7, 11) is 0. The van der Waals surface area contributed by atoms with E-state index in [2.05, 4.69) is 26.6 Å². The van der Waals surface area contributed by atoms with Gasteiger partial charge in [-0.2, -0.15) is 0 Å². The molecule has 4 heteroatoms. The van der Waals surface area contributed by atoms with Crippen molar-refractivity contribution in [2.45, 2.75) is 0 Å². The van der Waals surface area contributed by atoms with Crippen molar-refractivity contribution in [3.63, 3.8) is 0 Å². The van der Waals surface area contributed by atoms with Crippen LogP contribution in [-0.2, 0) is 0 Å². The Labute approximate surface area is 131 Å². The molecule has 0 fully saturated rings. The highest BCUT2D eigenvalue weighted by molar-refractivity contribution is 9.10. The Hall–Kier alpha value is -2.33. The zero-order valence-electron chi connectivity index (χ0n) is 11.1. The Morgan fingerprint density at radius 1 is 0.810 bits per heavy atom. The number of nitrogens with one attached hydrogen (secondary N) is 2. The summed E-state index contributed by atoms with van der Waals surface area (Å²) in [5, 5.41) is 7.81. The maximum atomic E-state index is 12.1. The second-order valence-corrected chi connectivity index (χ2v) is 5.53. The molecule has 0 saturated heterocycles. The van der Waals surface area contributed by atoms with Gasteiger partial charge in [-0.1, -0.05) is 52.3 Å². The highest BCUT2D eigenvalue weighted by Crippen LogP contribution is 2.23. The fraction of sp³-hybridized carbons (Fsp3) is 0. The maximum Gasteiger partial charge on any atom is 0.323 e. The number of hydrogen-bond acceptors (Lipinski definition) is 1. The first-order valence-corrected chi connectivity index (χ1v) is 7.33. The summed E-state index contributed by atoms with van der Waals surface area (Å²) in [6.07, 6.45) is 0. The summed E-state index contributed by atoms with van der Waals surface area (Å²) in [4.78, 5) is 12.1. The molecule has 3 aromatic carbocycles. The molecule has 0 aliphatic heterocycles. The van der Waals surface area contributed by atoms with Crippen molar-refractivity contribution in [1.82, 2.24) is 0 Å². The van der Waals surface area contributed by atoms with E-state index in [0.29, 0.717) is 0 Å². The summed E-state index contributed by atoms with van der Waals surface area (Å²) in [6, 6.07) is 21.0. The fourth-order valence-corrected chi connectivity index (χ4v) is 2.42. The van der Waals surface area contributed by atoms with Crippen LogP contribution < -0.4 is 10.6 Å². The van der Waals surface area contributed by atoms with Crippen LogP contribution in [0.15, 0.2) is 71.2 Å². The molecule has 0 aliphatic carbocycles. The maximum absolute atomic E-state index is 12.1. The number of halogens is 1. The predicted octanol–water partition coefficient (Wildman–Crippen LogP) is 5.25. The normalized spacial score (nSPS) is 10.3. The zero-order valence-corrected chi connectivity index (χ0v) is 12.7. The molecule has 3 nitrogen and oxygen atoms in total. The van der Waals surface area contributed by atoms with E-state index in [1.54, 1.807) is 0 Å². The van der Waals surface area contributed by atoms with Gasteiger partial charge in [0.2, 0.25) is 0 Å². The molecule has 0 aromatic heterocycles. The quantitative estimate of drug-likeness (QED) is 0.657. The number of urea groups is 1. The average molecular weight is 341 g/mol. The van der Waals surface area contributed by atoms with Gasteiger partial charge in [-0.15, -0.1) is 0 Å². The Balaban J connectivity index is 1.79. The first-order chi connectivity index (χ1) is 10.2. The molecule has 2 amide bonds. The van der Waals surface area contributed by atoms with Gasteiger partial charge in [-0.25, -0.2) is 4.79 Å². The van der Waals surface area contributed by atoms with E-state index < -0.39 is 0 Å². The van der Waals surface area contributed by atoms with Crippen LogP contribution in [0.3, 0.4) is 0 Å². The first-order valence-electron chi connectivity index (χ1n) is 6.54. The van der Waals surface area contributed by atoms with Gasteiger partial charge >= 0.3 is 6.03 Å². The Morgan fingerprint density at radius 2 is 1.52 bits per heavy atom. The minimum Gasteiger partial charge on any atom is -0.308 e. The van der Waals surface area contributed by atoms with Gasteiger partial charge in [0.05, 0.1) is 5.69 Å². The number of anilines is 2. The standard InChI is InChI=1S/C17H13BrN2O/c18-13-8-10-14(11-9-13)19-17(21)20-16-7-3-5-12-4-1-2-6-15(12)16/h1-11H,(H2,19,20,21). The Kier molecular flexibility index (Phi) is 3.88. The molecule has 3 aromatic rings. The molecule has 2 N–H and O–H groups in total. The first kappa shape index (κ1) is 13.6. The van der Waals surface area contributed by atoms with Crippen molar-refractivity contribution in [3.05, 3.63) is 71.2 Å². The van der Waals surface area contributed by atoms with Crippen molar-refractivity contribution in [2.24, 2.45) is 0 Å². The second kappa shape index (κ2) is 5.97. The SMILES string of the molecule is O=C(Nc1ccc(Br)cc1)Nc1cccc2ccccc12. The van der Waals surface area contributed by atoms with Gasteiger partial charge in [0.1, 0.15) is 0 Å². The molecule has 0 bridgehead atoms. The van der Waals surface area contributed by atoms with Gasteiger partial charge in [0, 0.05) is 15.5 Å². The fourth-order valence-electron chi connectivity index (χ4n) is 2.15. The lowest BCUT2D eigenvalue weighted by Crippen LogP contribution is -2.19. The lowest BCUT2D eigenvalue weighted by Gasteiger charge is -2.10. The second-order valence-electron chi connectivity index (χ2n) is 4.61. The van der Waals surface area contributed by atoms with E-state index in [-0.39, 0.29) is 6.03 Å². The molecular formula is C17H13BrN2O. The summed E-state index contributed by atoms with van der Waals surface area (Å²) < 4.78 is 0.975. The van der Waals surface area contributed by atoms with Gasteiger partial charge in [-0.05, 0) is 35.7 Å². The van der Waals surface area contributed by atoms with Gasteiger partial charge < -0.3 is 10.6 Å². The Bertz CT molecular complexity index is 779. The van der Waals surface area contributed by atoms with E-state index in [1.165, 1.54) is 0 Å². The monoisotopic (exact) mass is 340 g/mol. The molecule has 21 heavy (non-hydrogen) atoms. The highest BCUT2D eigenvalue weighted by Gasteiger charge is 2.05. The zero-order chi connectivity index (χ0) is 14.7. The number of carbonyl (C=O) groups is 1. The number of amides is 2. The van der Waals surface area contributed by atoms with Crippen LogP contribution in [0.4, 0.5) is 16.2 Å². The van der Waals surface area contributed by atoms with E-state index in [0.717, 1.165) is 26.6 Å². The van der Waals surface area contributed by atoms with E-state index in [4.69, 9.17) is 0 Å². The molecule has 0 unspecified atom stereocenters.